The van der Waals surface area contributed by atoms with Crippen LogP contribution in [0.3, 0.4) is 0 Å². The van der Waals surface area contributed by atoms with Crippen LogP contribution in [0.15, 0.2) is 41.2 Å². The van der Waals surface area contributed by atoms with Gasteiger partial charge in [0.1, 0.15) is 12.4 Å². The number of aryl methyl sites for hydroxylation is 1. The third kappa shape index (κ3) is 4.78. The van der Waals surface area contributed by atoms with E-state index in [9.17, 15) is 9.59 Å². The van der Waals surface area contributed by atoms with Crippen LogP contribution in [-0.4, -0.2) is 33.4 Å². The lowest BCUT2D eigenvalue weighted by Gasteiger charge is -2.23. The van der Waals surface area contributed by atoms with Crippen molar-refractivity contribution >= 4 is 5.91 Å². The number of carbonyl (C=O) groups excluding carboxylic acids is 1. The number of nitrogens with zero attached hydrogens (tertiary/aromatic N) is 3. The lowest BCUT2D eigenvalue weighted by atomic mass is 10.2. The minimum Gasteiger partial charge on any atom is -0.341 e. The topological polar surface area (TPSA) is 55.2 Å². The minimum absolute atomic E-state index is 0.0278. The van der Waals surface area contributed by atoms with E-state index in [1.807, 2.05) is 42.2 Å². The van der Waals surface area contributed by atoms with E-state index < -0.39 is 0 Å². The average molecular weight is 341 g/mol. The summed E-state index contributed by atoms with van der Waals surface area (Å²) in [6.45, 7) is 7.52. The standard InChI is InChI=1S/C20H27N3O2/c1-4-12-22(13-5-2)19(25)15-23-18(24)14-17(6-3)21-20(23)16-10-8-7-9-11-16/h7-11,14H,4-6,12-13,15H2,1-3H3. The van der Waals surface area contributed by atoms with Gasteiger partial charge in [-0.2, -0.15) is 0 Å². The second kappa shape index (κ2) is 9.16. The van der Waals surface area contributed by atoms with Gasteiger partial charge in [-0.3, -0.25) is 14.2 Å². The van der Waals surface area contributed by atoms with Crippen LogP contribution in [0.5, 0.6) is 0 Å². The highest BCUT2D eigenvalue weighted by atomic mass is 16.2. The Morgan fingerprint density at radius 1 is 1.08 bits per heavy atom. The monoisotopic (exact) mass is 341 g/mol. The summed E-state index contributed by atoms with van der Waals surface area (Å²) in [6.07, 6.45) is 2.49. The molecule has 0 atom stereocenters. The number of hydrogen-bond acceptors (Lipinski definition) is 3. The first-order valence-corrected chi connectivity index (χ1v) is 9.04. The molecule has 0 aliphatic rings. The molecule has 1 aromatic heterocycles. The Morgan fingerprint density at radius 3 is 2.28 bits per heavy atom. The van der Waals surface area contributed by atoms with Crippen LogP contribution < -0.4 is 5.56 Å². The van der Waals surface area contributed by atoms with Crippen molar-refractivity contribution < 1.29 is 4.79 Å². The minimum atomic E-state index is -0.174. The van der Waals surface area contributed by atoms with Crippen molar-refractivity contribution in [2.45, 2.75) is 46.6 Å². The van der Waals surface area contributed by atoms with Crippen molar-refractivity contribution in [3.63, 3.8) is 0 Å². The van der Waals surface area contributed by atoms with Gasteiger partial charge in [-0.25, -0.2) is 4.98 Å². The summed E-state index contributed by atoms with van der Waals surface area (Å²) in [5, 5.41) is 0. The summed E-state index contributed by atoms with van der Waals surface area (Å²) >= 11 is 0. The van der Waals surface area contributed by atoms with Gasteiger partial charge in [0.05, 0.1) is 0 Å². The Balaban J connectivity index is 2.43. The van der Waals surface area contributed by atoms with Crippen molar-refractivity contribution in [1.82, 2.24) is 14.5 Å². The molecular weight excluding hydrogens is 314 g/mol. The van der Waals surface area contributed by atoms with Crippen LogP contribution in [0.1, 0.15) is 39.3 Å². The fourth-order valence-corrected chi connectivity index (χ4v) is 2.83. The van der Waals surface area contributed by atoms with Crippen molar-refractivity contribution in [2.75, 3.05) is 13.1 Å². The molecule has 0 fully saturated rings. The zero-order chi connectivity index (χ0) is 18.2. The van der Waals surface area contributed by atoms with Crippen LogP contribution in [-0.2, 0) is 17.8 Å². The quantitative estimate of drug-likeness (QED) is 0.741. The molecule has 0 N–H and O–H groups in total. The smallest absolute Gasteiger partial charge is 0.254 e. The molecule has 1 aromatic carbocycles. The summed E-state index contributed by atoms with van der Waals surface area (Å²) < 4.78 is 1.50. The van der Waals surface area contributed by atoms with E-state index in [1.54, 1.807) is 0 Å². The van der Waals surface area contributed by atoms with Crippen molar-refractivity contribution in [1.29, 1.82) is 0 Å². The molecule has 5 heteroatoms. The highest BCUT2D eigenvalue weighted by Crippen LogP contribution is 2.16. The first kappa shape index (κ1) is 18.9. The molecule has 0 bridgehead atoms. The molecule has 5 nitrogen and oxygen atoms in total. The molecule has 0 saturated heterocycles. The normalized spacial score (nSPS) is 10.7. The van der Waals surface area contributed by atoms with Gasteiger partial charge in [0.2, 0.25) is 5.91 Å². The van der Waals surface area contributed by atoms with Crippen LogP contribution in [0.4, 0.5) is 0 Å². The predicted molar refractivity (Wildman–Crippen MR) is 100 cm³/mol. The maximum Gasteiger partial charge on any atom is 0.254 e. The third-order valence-corrected chi connectivity index (χ3v) is 4.09. The summed E-state index contributed by atoms with van der Waals surface area (Å²) in [4.78, 5) is 31.8. The highest BCUT2D eigenvalue weighted by Gasteiger charge is 2.17. The number of carbonyl (C=O) groups is 1. The SMILES string of the molecule is CCCN(CCC)C(=O)Cn1c(-c2ccccc2)nc(CC)cc1=O. The Hall–Kier alpha value is -2.43. The molecule has 134 valence electrons. The average Bonchev–Trinajstić information content (AvgIpc) is 2.63. The van der Waals surface area contributed by atoms with E-state index in [-0.39, 0.29) is 18.0 Å². The van der Waals surface area contributed by atoms with E-state index in [1.165, 1.54) is 10.6 Å². The van der Waals surface area contributed by atoms with E-state index in [0.717, 1.165) is 24.1 Å². The third-order valence-electron chi connectivity index (χ3n) is 4.09. The van der Waals surface area contributed by atoms with Gasteiger partial charge >= 0.3 is 0 Å². The van der Waals surface area contributed by atoms with Crippen LogP contribution in [0.2, 0.25) is 0 Å². The number of amides is 1. The molecule has 25 heavy (non-hydrogen) atoms. The molecule has 0 aliphatic carbocycles. The molecule has 1 amide bonds. The molecule has 0 aliphatic heterocycles. The lowest BCUT2D eigenvalue weighted by Crippen LogP contribution is -2.38. The molecule has 2 aromatic rings. The van der Waals surface area contributed by atoms with Crippen molar-refractivity contribution in [2.24, 2.45) is 0 Å². The van der Waals surface area contributed by atoms with Crippen LogP contribution >= 0.6 is 0 Å². The first-order valence-electron chi connectivity index (χ1n) is 9.04. The van der Waals surface area contributed by atoms with Gasteiger partial charge in [-0.05, 0) is 19.3 Å². The fraction of sp³-hybridized carbons (Fsp3) is 0.450. The molecule has 1 heterocycles. The number of rotatable bonds is 8. The first-order chi connectivity index (χ1) is 12.1. The largest absolute Gasteiger partial charge is 0.341 e. The number of aromatic nitrogens is 2. The van der Waals surface area contributed by atoms with Crippen LogP contribution in [0.25, 0.3) is 11.4 Å². The molecular formula is C20H27N3O2. The van der Waals surface area contributed by atoms with Gasteiger partial charge < -0.3 is 4.90 Å². The zero-order valence-corrected chi connectivity index (χ0v) is 15.4. The van der Waals surface area contributed by atoms with Crippen LogP contribution in [0, 0.1) is 0 Å². The number of benzene rings is 1. The van der Waals surface area contributed by atoms with Gasteiger partial charge in [0.25, 0.3) is 5.56 Å². The molecule has 0 spiro atoms. The van der Waals surface area contributed by atoms with Gasteiger partial charge in [-0.1, -0.05) is 51.1 Å². The summed E-state index contributed by atoms with van der Waals surface area (Å²) in [5.74, 6) is 0.528. The zero-order valence-electron chi connectivity index (χ0n) is 15.4. The Labute approximate surface area is 149 Å². The molecule has 0 radical (unpaired) electrons. The fourth-order valence-electron chi connectivity index (χ4n) is 2.83. The summed E-state index contributed by atoms with van der Waals surface area (Å²) in [5.41, 5.74) is 1.42. The Bertz CT molecular complexity index is 747. The second-order valence-electron chi connectivity index (χ2n) is 6.10. The predicted octanol–water partition coefficient (Wildman–Crippen LogP) is 3.12. The second-order valence-corrected chi connectivity index (χ2v) is 6.10. The van der Waals surface area contributed by atoms with E-state index in [0.29, 0.717) is 25.3 Å². The van der Waals surface area contributed by atoms with Crippen molar-refractivity contribution in [3.05, 3.63) is 52.4 Å². The Kier molecular flexibility index (Phi) is 6.92. The summed E-state index contributed by atoms with van der Waals surface area (Å²) in [6, 6.07) is 11.1. The number of hydrogen-bond donors (Lipinski definition) is 0. The summed E-state index contributed by atoms with van der Waals surface area (Å²) in [7, 11) is 0. The lowest BCUT2D eigenvalue weighted by molar-refractivity contribution is -0.132. The molecule has 0 saturated carbocycles. The maximum absolute atomic E-state index is 12.7. The van der Waals surface area contributed by atoms with Gasteiger partial charge in [-0.15, -0.1) is 0 Å². The van der Waals surface area contributed by atoms with E-state index in [2.05, 4.69) is 18.8 Å². The molecule has 2 rings (SSSR count). The van der Waals surface area contributed by atoms with Crippen molar-refractivity contribution in [3.8, 4) is 11.4 Å². The molecule has 0 unspecified atom stereocenters. The van der Waals surface area contributed by atoms with E-state index in [4.69, 9.17) is 0 Å². The van der Waals surface area contributed by atoms with Gasteiger partial charge in [0, 0.05) is 30.4 Å². The van der Waals surface area contributed by atoms with E-state index >= 15 is 0 Å². The highest BCUT2D eigenvalue weighted by molar-refractivity contribution is 5.76. The maximum atomic E-state index is 12.7. The van der Waals surface area contributed by atoms with Gasteiger partial charge in [0.15, 0.2) is 0 Å². The Morgan fingerprint density at radius 2 is 1.72 bits per heavy atom.